The van der Waals surface area contributed by atoms with Gasteiger partial charge in [0.05, 0.1) is 13.2 Å². The van der Waals surface area contributed by atoms with Crippen LogP contribution in [0.5, 0.6) is 0 Å². The molecule has 1 unspecified atom stereocenters. The maximum atomic E-state index is 13.1. The number of rotatable bonds is 5. The van der Waals surface area contributed by atoms with Crippen LogP contribution in [-0.4, -0.2) is 56.4 Å². The van der Waals surface area contributed by atoms with Gasteiger partial charge in [-0.05, 0) is 5.56 Å². The lowest BCUT2D eigenvalue weighted by Gasteiger charge is -2.35. The summed E-state index contributed by atoms with van der Waals surface area (Å²) in [4.78, 5) is 32.5. The molecule has 0 amide bonds. The van der Waals surface area contributed by atoms with Crippen molar-refractivity contribution in [2.45, 2.75) is 12.6 Å². The third-order valence-corrected chi connectivity index (χ3v) is 5.55. The molecule has 9 nitrogen and oxygen atoms in total. The average molecular weight is 398 g/mol. The molecule has 29 heavy (non-hydrogen) atoms. The van der Waals surface area contributed by atoms with Gasteiger partial charge >= 0.3 is 5.69 Å². The summed E-state index contributed by atoms with van der Waals surface area (Å²) >= 11 is 0. The molecule has 3 heterocycles. The van der Waals surface area contributed by atoms with E-state index in [1.807, 2.05) is 34.9 Å². The van der Waals surface area contributed by atoms with Crippen molar-refractivity contribution < 1.29 is 4.74 Å². The Morgan fingerprint density at radius 2 is 1.79 bits per heavy atom. The lowest BCUT2D eigenvalue weighted by molar-refractivity contribution is 0.00133. The molecule has 1 aliphatic heterocycles. The van der Waals surface area contributed by atoms with Gasteiger partial charge in [0.15, 0.2) is 11.2 Å². The number of fused-ring (bicyclic) bond motifs is 1. The van der Waals surface area contributed by atoms with Crippen LogP contribution in [0.2, 0.25) is 0 Å². The summed E-state index contributed by atoms with van der Waals surface area (Å²) in [6, 6.07) is 9.95. The van der Waals surface area contributed by atoms with Crippen LogP contribution in [0.15, 0.2) is 39.9 Å². The van der Waals surface area contributed by atoms with Crippen molar-refractivity contribution in [1.29, 1.82) is 0 Å². The first kappa shape index (κ1) is 19.6. The van der Waals surface area contributed by atoms with E-state index in [0.29, 0.717) is 43.2 Å². The van der Waals surface area contributed by atoms with Crippen LogP contribution in [0.3, 0.4) is 0 Å². The molecule has 1 atom stereocenters. The molecule has 4 rings (SSSR count). The van der Waals surface area contributed by atoms with E-state index in [0.717, 1.165) is 23.2 Å². The molecule has 9 heteroatoms. The Bertz CT molecular complexity index is 1130. The van der Waals surface area contributed by atoms with Gasteiger partial charge in [0.1, 0.15) is 12.0 Å². The monoisotopic (exact) mass is 398 g/mol. The van der Waals surface area contributed by atoms with Gasteiger partial charge in [-0.25, -0.2) is 9.78 Å². The summed E-state index contributed by atoms with van der Waals surface area (Å²) in [6.07, 6.45) is 0.293. The quantitative estimate of drug-likeness (QED) is 0.640. The van der Waals surface area contributed by atoms with E-state index in [9.17, 15) is 9.59 Å². The molecule has 2 aromatic heterocycles. The van der Waals surface area contributed by atoms with Crippen molar-refractivity contribution in [1.82, 2.24) is 23.6 Å². The molecule has 0 saturated carbocycles. The molecular formula is C20H26N6O3. The van der Waals surface area contributed by atoms with Gasteiger partial charge in [-0.1, -0.05) is 30.3 Å². The largest absolute Gasteiger partial charge is 0.379 e. The fraction of sp³-hybridized carbons (Fsp3) is 0.450. The zero-order valence-electron chi connectivity index (χ0n) is 16.7. The van der Waals surface area contributed by atoms with Crippen molar-refractivity contribution in [3.05, 3.63) is 62.6 Å². The number of morpholine rings is 1. The first-order valence-electron chi connectivity index (χ1n) is 9.75. The average Bonchev–Trinajstić information content (AvgIpc) is 3.12. The molecule has 0 aliphatic carbocycles. The Kier molecular flexibility index (Phi) is 5.35. The van der Waals surface area contributed by atoms with Crippen LogP contribution in [0.25, 0.3) is 11.2 Å². The highest BCUT2D eigenvalue weighted by molar-refractivity contribution is 5.71. The maximum absolute atomic E-state index is 13.1. The van der Waals surface area contributed by atoms with Crippen molar-refractivity contribution >= 4 is 11.2 Å². The van der Waals surface area contributed by atoms with Crippen LogP contribution in [-0.2, 0) is 25.3 Å². The number of ether oxygens (including phenoxy) is 1. The molecule has 1 aromatic carbocycles. The number of benzene rings is 1. The van der Waals surface area contributed by atoms with Crippen molar-refractivity contribution in [2.24, 2.45) is 19.8 Å². The summed E-state index contributed by atoms with van der Waals surface area (Å²) in [5.41, 5.74) is 7.30. The highest BCUT2D eigenvalue weighted by Gasteiger charge is 2.28. The predicted octanol–water partition coefficient (Wildman–Crippen LogP) is -0.186. The molecule has 3 aromatic rings. The normalized spacial score (nSPS) is 16.4. The number of aromatic nitrogens is 4. The number of aryl methyl sites for hydroxylation is 1. The first-order valence-corrected chi connectivity index (χ1v) is 9.75. The Balaban J connectivity index is 1.96. The molecule has 0 bridgehead atoms. The van der Waals surface area contributed by atoms with E-state index < -0.39 is 5.69 Å². The van der Waals surface area contributed by atoms with Crippen LogP contribution < -0.4 is 17.0 Å². The molecule has 0 radical (unpaired) electrons. The van der Waals surface area contributed by atoms with E-state index in [1.165, 1.54) is 11.6 Å². The van der Waals surface area contributed by atoms with Crippen LogP contribution in [0.1, 0.15) is 17.6 Å². The van der Waals surface area contributed by atoms with Gasteiger partial charge in [-0.2, -0.15) is 0 Å². The van der Waals surface area contributed by atoms with Crippen molar-refractivity contribution in [3.8, 4) is 0 Å². The smallest absolute Gasteiger partial charge is 0.332 e. The van der Waals surface area contributed by atoms with Gasteiger partial charge in [0.2, 0.25) is 0 Å². The minimum atomic E-state index is -0.394. The fourth-order valence-corrected chi connectivity index (χ4v) is 3.98. The number of nitrogens with two attached hydrogens (primary N) is 1. The highest BCUT2D eigenvalue weighted by atomic mass is 16.5. The molecule has 1 fully saturated rings. The maximum Gasteiger partial charge on any atom is 0.332 e. The topological polar surface area (TPSA) is 100 Å². The Morgan fingerprint density at radius 1 is 1.10 bits per heavy atom. The van der Waals surface area contributed by atoms with E-state index in [-0.39, 0.29) is 11.7 Å². The van der Waals surface area contributed by atoms with E-state index in [2.05, 4.69) is 4.90 Å². The third kappa shape index (κ3) is 3.41. The lowest BCUT2D eigenvalue weighted by Crippen LogP contribution is -2.46. The Hall–Kier alpha value is -2.75. The van der Waals surface area contributed by atoms with Gasteiger partial charge in [0.25, 0.3) is 5.56 Å². The third-order valence-electron chi connectivity index (χ3n) is 5.55. The minimum Gasteiger partial charge on any atom is -0.379 e. The van der Waals surface area contributed by atoms with Gasteiger partial charge in [0, 0.05) is 40.2 Å². The van der Waals surface area contributed by atoms with E-state index in [1.54, 1.807) is 7.05 Å². The molecule has 1 aliphatic rings. The molecular weight excluding hydrogens is 372 g/mol. The molecule has 1 saturated heterocycles. The summed E-state index contributed by atoms with van der Waals surface area (Å²) in [7, 11) is 3.13. The summed E-state index contributed by atoms with van der Waals surface area (Å²) in [5.74, 6) is 0.714. The lowest BCUT2D eigenvalue weighted by atomic mass is 10.1. The Labute approximate surface area is 167 Å². The highest BCUT2D eigenvalue weighted by Crippen LogP contribution is 2.23. The summed E-state index contributed by atoms with van der Waals surface area (Å²) in [6.45, 7) is 3.00. The van der Waals surface area contributed by atoms with Crippen molar-refractivity contribution in [2.75, 3.05) is 32.8 Å². The van der Waals surface area contributed by atoms with Gasteiger partial charge in [-0.15, -0.1) is 0 Å². The molecule has 154 valence electrons. The Morgan fingerprint density at radius 3 is 2.45 bits per heavy atom. The second-order valence-corrected chi connectivity index (χ2v) is 7.30. The number of hydrogen-bond acceptors (Lipinski definition) is 6. The van der Waals surface area contributed by atoms with Crippen molar-refractivity contribution in [3.63, 3.8) is 0 Å². The fourth-order valence-electron chi connectivity index (χ4n) is 3.98. The first-order chi connectivity index (χ1) is 14.0. The predicted molar refractivity (Wildman–Crippen MR) is 110 cm³/mol. The standard InChI is InChI=1S/C20H26N6O3/c1-23-18-17(19(27)24(2)20(23)28)26(16(13-21)25-8-10-29-11-9-25)15(22-18)12-14-6-4-3-5-7-14/h3-7,16H,8-13,21H2,1-2H3. The molecule has 2 N–H and O–H groups in total. The summed E-state index contributed by atoms with van der Waals surface area (Å²) < 4.78 is 9.96. The van der Waals surface area contributed by atoms with Crippen LogP contribution in [0.4, 0.5) is 0 Å². The van der Waals surface area contributed by atoms with Crippen LogP contribution in [0, 0.1) is 0 Å². The number of hydrogen-bond donors (Lipinski definition) is 1. The number of imidazole rings is 1. The van der Waals surface area contributed by atoms with E-state index >= 15 is 0 Å². The number of nitrogens with zero attached hydrogens (tertiary/aromatic N) is 5. The zero-order valence-corrected chi connectivity index (χ0v) is 16.7. The van der Waals surface area contributed by atoms with Crippen LogP contribution >= 0.6 is 0 Å². The molecule has 0 spiro atoms. The second-order valence-electron chi connectivity index (χ2n) is 7.30. The zero-order chi connectivity index (χ0) is 20.5. The minimum absolute atomic E-state index is 0.243. The van der Waals surface area contributed by atoms with Gasteiger partial charge < -0.3 is 15.0 Å². The van der Waals surface area contributed by atoms with Gasteiger partial charge in [-0.3, -0.25) is 18.8 Å². The SMILES string of the molecule is Cn1c(=O)c2c(nc(Cc3ccccc3)n2C(CN)N2CCOCC2)n(C)c1=O. The second kappa shape index (κ2) is 7.94. The summed E-state index contributed by atoms with van der Waals surface area (Å²) in [5, 5.41) is 0. The van der Waals surface area contributed by atoms with E-state index in [4.69, 9.17) is 15.5 Å².